The molecule has 0 rings (SSSR count). The third-order valence-electron chi connectivity index (χ3n) is 3.25. The second-order valence-corrected chi connectivity index (χ2v) is 5.46. The minimum atomic E-state index is -1.43. The van der Waals surface area contributed by atoms with Crippen LogP contribution in [0.5, 0.6) is 0 Å². The molecule has 2 amide bonds. The van der Waals surface area contributed by atoms with Gasteiger partial charge >= 0.3 is 18.0 Å². The van der Waals surface area contributed by atoms with E-state index in [9.17, 15) is 14.4 Å². The monoisotopic (exact) mass is 274 g/mol. The lowest BCUT2D eigenvalue weighted by molar-refractivity contribution is -0.145. The molecule has 7 nitrogen and oxygen atoms in total. The first-order valence-corrected chi connectivity index (χ1v) is 6.05. The zero-order chi connectivity index (χ0) is 15.2. The van der Waals surface area contributed by atoms with Crippen molar-refractivity contribution in [1.82, 2.24) is 10.6 Å². The van der Waals surface area contributed by atoms with Gasteiger partial charge in [0.1, 0.15) is 6.04 Å². The summed E-state index contributed by atoms with van der Waals surface area (Å²) < 4.78 is 0. The van der Waals surface area contributed by atoms with Crippen LogP contribution in [0.3, 0.4) is 0 Å². The van der Waals surface area contributed by atoms with Crippen LogP contribution in [0.25, 0.3) is 0 Å². The van der Waals surface area contributed by atoms with Gasteiger partial charge in [0.25, 0.3) is 0 Å². The molecular weight excluding hydrogens is 252 g/mol. The number of rotatable bonds is 7. The van der Waals surface area contributed by atoms with Crippen LogP contribution in [-0.4, -0.2) is 40.8 Å². The summed E-state index contributed by atoms with van der Waals surface area (Å²) in [5.41, 5.74) is -0.136. The maximum absolute atomic E-state index is 11.5. The number of carbonyl (C=O) groups is 3. The summed E-state index contributed by atoms with van der Waals surface area (Å²) in [4.78, 5) is 32.8. The molecule has 0 radical (unpaired) electrons. The van der Waals surface area contributed by atoms with Gasteiger partial charge in [-0.2, -0.15) is 0 Å². The normalized spacial score (nSPS) is 12.9. The molecule has 0 aliphatic carbocycles. The van der Waals surface area contributed by atoms with E-state index >= 15 is 0 Å². The number of carboxylic acid groups (broad SMARTS) is 2. The molecule has 4 N–H and O–H groups in total. The van der Waals surface area contributed by atoms with Crippen LogP contribution >= 0.6 is 0 Å². The third kappa shape index (κ3) is 6.64. The van der Waals surface area contributed by atoms with Crippen LogP contribution in [0.2, 0.25) is 0 Å². The number of carboxylic acids is 2. The Labute approximate surface area is 112 Å². The van der Waals surface area contributed by atoms with E-state index < -0.39 is 30.4 Å². The summed E-state index contributed by atoms with van der Waals surface area (Å²) >= 11 is 0. The van der Waals surface area contributed by atoms with Gasteiger partial charge in [0.2, 0.25) is 0 Å². The van der Waals surface area contributed by atoms with Crippen molar-refractivity contribution in [3.8, 4) is 0 Å². The molecule has 0 saturated carbocycles. The van der Waals surface area contributed by atoms with E-state index in [1.54, 1.807) is 0 Å². The number of urea groups is 1. The van der Waals surface area contributed by atoms with E-state index in [0.29, 0.717) is 12.5 Å². The molecule has 1 atom stereocenters. The number of aliphatic carboxylic acids is 2. The highest BCUT2D eigenvalue weighted by atomic mass is 16.4. The molecule has 0 bridgehead atoms. The minimum Gasteiger partial charge on any atom is -0.481 e. The van der Waals surface area contributed by atoms with E-state index in [2.05, 4.69) is 10.6 Å². The molecule has 0 aliphatic rings. The van der Waals surface area contributed by atoms with Gasteiger partial charge in [-0.25, -0.2) is 9.59 Å². The lowest BCUT2D eigenvalue weighted by atomic mass is 9.81. The van der Waals surface area contributed by atoms with Crippen molar-refractivity contribution in [3.63, 3.8) is 0 Å². The standard InChI is InChI=1S/C12H22N2O5/c1-7(2)12(3,4)6-13-11(19)14-8(10(17)18)5-9(15)16/h7-8H,5-6H2,1-4H3,(H,15,16)(H,17,18)(H2,13,14,19)/t8-/m1/s1. The summed E-state index contributed by atoms with van der Waals surface area (Å²) in [5, 5.41) is 22.0. The fourth-order valence-electron chi connectivity index (χ4n) is 1.10. The van der Waals surface area contributed by atoms with Gasteiger partial charge in [-0.3, -0.25) is 4.79 Å². The number of hydrogen-bond acceptors (Lipinski definition) is 3. The zero-order valence-corrected chi connectivity index (χ0v) is 11.7. The second-order valence-electron chi connectivity index (χ2n) is 5.46. The van der Waals surface area contributed by atoms with Crippen LogP contribution < -0.4 is 10.6 Å². The van der Waals surface area contributed by atoms with Gasteiger partial charge in [0.05, 0.1) is 6.42 Å². The molecule has 0 aromatic heterocycles. The van der Waals surface area contributed by atoms with Crippen molar-refractivity contribution < 1.29 is 24.6 Å². The largest absolute Gasteiger partial charge is 0.481 e. The van der Waals surface area contributed by atoms with Crippen molar-refractivity contribution in [2.75, 3.05) is 6.54 Å². The minimum absolute atomic E-state index is 0.136. The first-order valence-electron chi connectivity index (χ1n) is 6.05. The Morgan fingerprint density at radius 3 is 2.05 bits per heavy atom. The van der Waals surface area contributed by atoms with E-state index in [0.717, 1.165) is 0 Å². The topological polar surface area (TPSA) is 116 Å². The molecule has 7 heteroatoms. The van der Waals surface area contributed by atoms with Gasteiger partial charge in [-0.1, -0.05) is 27.7 Å². The smallest absolute Gasteiger partial charge is 0.326 e. The Kier molecular flexibility index (Phi) is 6.31. The zero-order valence-electron chi connectivity index (χ0n) is 11.7. The number of nitrogens with one attached hydrogen (secondary N) is 2. The SMILES string of the molecule is CC(C)C(C)(C)CNC(=O)N[C@H](CC(=O)O)C(=O)O. The van der Waals surface area contributed by atoms with Crippen molar-refractivity contribution >= 4 is 18.0 Å². The first kappa shape index (κ1) is 17.2. The van der Waals surface area contributed by atoms with E-state index in [4.69, 9.17) is 10.2 Å². The summed E-state index contributed by atoms with van der Waals surface area (Å²) in [6.07, 6.45) is -0.656. The maximum Gasteiger partial charge on any atom is 0.326 e. The molecule has 110 valence electrons. The quantitative estimate of drug-likeness (QED) is 0.550. The molecule has 19 heavy (non-hydrogen) atoms. The molecule has 0 saturated heterocycles. The van der Waals surface area contributed by atoms with E-state index in [1.165, 1.54) is 0 Å². The van der Waals surface area contributed by atoms with Gasteiger partial charge in [-0.05, 0) is 11.3 Å². The van der Waals surface area contributed by atoms with Crippen LogP contribution in [-0.2, 0) is 9.59 Å². The third-order valence-corrected chi connectivity index (χ3v) is 3.25. The van der Waals surface area contributed by atoms with Crippen molar-refractivity contribution in [3.05, 3.63) is 0 Å². The van der Waals surface area contributed by atoms with Crippen LogP contribution in [0.1, 0.15) is 34.1 Å². The predicted molar refractivity (Wildman–Crippen MR) is 68.8 cm³/mol. The van der Waals surface area contributed by atoms with Crippen LogP contribution in [0, 0.1) is 11.3 Å². The Morgan fingerprint density at radius 2 is 1.68 bits per heavy atom. The average molecular weight is 274 g/mol. The average Bonchev–Trinajstić information content (AvgIpc) is 2.24. The fraction of sp³-hybridized carbons (Fsp3) is 0.750. The second kappa shape index (κ2) is 6.96. The highest BCUT2D eigenvalue weighted by Gasteiger charge is 2.26. The Hall–Kier alpha value is -1.79. The predicted octanol–water partition coefficient (Wildman–Crippen LogP) is 0.896. The van der Waals surface area contributed by atoms with Crippen LogP contribution in [0.15, 0.2) is 0 Å². The summed E-state index contributed by atoms with van der Waals surface area (Å²) in [5.74, 6) is -2.32. The van der Waals surface area contributed by atoms with Crippen molar-refractivity contribution in [1.29, 1.82) is 0 Å². The van der Waals surface area contributed by atoms with Gasteiger partial charge in [-0.15, -0.1) is 0 Å². The Bertz CT molecular complexity index is 352. The number of amides is 2. The molecule has 0 aromatic rings. The highest BCUT2D eigenvalue weighted by Crippen LogP contribution is 2.24. The molecular formula is C12H22N2O5. The van der Waals surface area contributed by atoms with Crippen LogP contribution in [0.4, 0.5) is 4.79 Å². The Morgan fingerprint density at radius 1 is 1.16 bits per heavy atom. The molecule has 0 heterocycles. The summed E-state index contributed by atoms with van der Waals surface area (Å²) in [6.45, 7) is 8.36. The van der Waals surface area contributed by atoms with Gasteiger partial charge < -0.3 is 20.8 Å². The first-order chi connectivity index (χ1) is 8.56. The number of hydrogen-bond donors (Lipinski definition) is 4. The molecule has 0 spiro atoms. The van der Waals surface area contributed by atoms with Gasteiger partial charge in [0, 0.05) is 6.54 Å². The molecule has 0 fully saturated rings. The molecule has 0 unspecified atom stereocenters. The summed E-state index contributed by atoms with van der Waals surface area (Å²) in [6, 6.07) is -2.11. The summed E-state index contributed by atoms with van der Waals surface area (Å²) in [7, 11) is 0. The molecule has 0 aromatic carbocycles. The number of carbonyl (C=O) groups excluding carboxylic acids is 1. The van der Waals surface area contributed by atoms with Crippen molar-refractivity contribution in [2.24, 2.45) is 11.3 Å². The molecule has 0 aliphatic heterocycles. The lowest BCUT2D eigenvalue weighted by Crippen LogP contribution is -2.49. The lowest BCUT2D eigenvalue weighted by Gasteiger charge is -2.29. The maximum atomic E-state index is 11.5. The highest BCUT2D eigenvalue weighted by molar-refractivity contribution is 5.86. The Balaban J connectivity index is 4.36. The van der Waals surface area contributed by atoms with E-state index in [1.807, 2.05) is 27.7 Å². The fourth-order valence-corrected chi connectivity index (χ4v) is 1.10. The van der Waals surface area contributed by atoms with Crippen molar-refractivity contribution in [2.45, 2.75) is 40.2 Å². The van der Waals surface area contributed by atoms with E-state index in [-0.39, 0.29) is 5.41 Å². The van der Waals surface area contributed by atoms with Gasteiger partial charge in [0.15, 0.2) is 0 Å².